The van der Waals surface area contributed by atoms with Crippen LogP contribution < -0.4 is 10.6 Å². The molecular weight excluding hydrogens is 204 g/mol. The predicted octanol–water partition coefficient (Wildman–Crippen LogP) is 1.84. The van der Waals surface area contributed by atoms with Gasteiger partial charge in [-0.15, -0.1) is 6.58 Å². The predicted molar refractivity (Wildman–Crippen MR) is 64.5 cm³/mol. The Morgan fingerprint density at radius 3 is 2.69 bits per heavy atom. The lowest BCUT2D eigenvalue weighted by atomic mass is 9.81. The molecule has 1 aliphatic rings. The van der Waals surface area contributed by atoms with Crippen molar-refractivity contribution < 1.29 is 9.90 Å². The van der Waals surface area contributed by atoms with Gasteiger partial charge in [0, 0.05) is 13.1 Å². The van der Waals surface area contributed by atoms with Gasteiger partial charge in [0.1, 0.15) is 0 Å². The van der Waals surface area contributed by atoms with Crippen LogP contribution in [0.3, 0.4) is 0 Å². The topological polar surface area (TPSA) is 61.4 Å². The third kappa shape index (κ3) is 5.16. The van der Waals surface area contributed by atoms with Gasteiger partial charge >= 0.3 is 6.09 Å². The molecule has 0 aliphatic heterocycles. The Kier molecular flexibility index (Phi) is 5.93. The highest BCUT2D eigenvalue weighted by molar-refractivity contribution is 5.64. The zero-order valence-electron chi connectivity index (χ0n) is 9.74. The molecule has 2 atom stereocenters. The van der Waals surface area contributed by atoms with Gasteiger partial charge in [0.05, 0.1) is 0 Å². The summed E-state index contributed by atoms with van der Waals surface area (Å²) in [6.07, 6.45) is 5.71. The molecule has 0 spiro atoms. The van der Waals surface area contributed by atoms with E-state index >= 15 is 0 Å². The Bertz CT molecular complexity index is 231. The lowest BCUT2D eigenvalue weighted by molar-refractivity contribution is 0.186. The van der Waals surface area contributed by atoms with Gasteiger partial charge < -0.3 is 15.7 Å². The number of hydrogen-bond acceptors (Lipinski definition) is 2. The van der Waals surface area contributed by atoms with E-state index in [1.807, 2.05) is 6.08 Å². The Hall–Kier alpha value is -1.03. The van der Waals surface area contributed by atoms with Crippen molar-refractivity contribution in [2.75, 3.05) is 19.6 Å². The minimum Gasteiger partial charge on any atom is -0.465 e. The fraction of sp³-hybridized carbons (Fsp3) is 0.750. The molecule has 0 heterocycles. The number of carbonyl (C=O) groups is 1. The molecule has 16 heavy (non-hydrogen) atoms. The molecule has 0 unspecified atom stereocenters. The number of carboxylic acid groups (broad SMARTS) is 1. The van der Waals surface area contributed by atoms with E-state index in [9.17, 15) is 4.79 Å². The minimum atomic E-state index is -0.910. The van der Waals surface area contributed by atoms with Gasteiger partial charge in [-0.3, -0.25) is 0 Å². The van der Waals surface area contributed by atoms with Crippen molar-refractivity contribution in [3.8, 4) is 0 Å². The van der Waals surface area contributed by atoms with Gasteiger partial charge in [-0.05, 0) is 37.6 Å². The smallest absolute Gasteiger partial charge is 0.404 e. The SMILES string of the molecule is C=CCNC[C@H]1CCC[C@@H](CNC(=O)O)C1. The van der Waals surface area contributed by atoms with E-state index < -0.39 is 6.09 Å². The Morgan fingerprint density at radius 2 is 2.06 bits per heavy atom. The molecule has 1 rings (SSSR count). The second kappa shape index (κ2) is 7.28. The largest absolute Gasteiger partial charge is 0.465 e. The summed E-state index contributed by atoms with van der Waals surface area (Å²) in [5.74, 6) is 1.20. The molecule has 0 aromatic carbocycles. The molecule has 3 N–H and O–H groups in total. The van der Waals surface area contributed by atoms with Gasteiger partial charge in [-0.25, -0.2) is 4.79 Å². The summed E-state index contributed by atoms with van der Waals surface area (Å²) in [6.45, 7) is 6.15. The van der Waals surface area contributed by atoms with Crippen LogP contribution in [0.25, 0.3) is 0 Å². The number of rotatable bonds is 6. The first kappa shape index (κ1) is 13.0. The van der Waals surface area contributed by atoms with Gasteiger partial charge in [0.25, 0.3) is 0 Å². The maximum atomic E-state index is 10.4. The fourth-order valence-electron chi connectivity index (χ4n) is 2.39. The molecule has 1 fully saturated rings. The zero-order valence-corrected chi connectivity index (χ0v) is 9.74. The standard InChI is InChI=1S/C12H22N2O2/c1-2-6-13-8-10-4-3-5-11(7-10)9-14-12(15)16/h2,10-11,13-14H,1,3-9H2,(H,15,16)/t10-,11+/m0/s1. The monoisotopic (exact) mass is 226 g/mol. The molecule has 1 aliphatic carbocycles. The van der Waals surface area contributed by atoms with Crippen molar-refractivity contribution >= 4 is 6.09 Å². The van der Waals surface area contributed by atoms with Crippen molar-refractivity contribution in [2.45, 2.75) is 25.7 Å². The van der Waals surface area contributed by atoms with Gasteiger partial charge in [0.15, 0.2) is 0 Å². The number of hydrogen-bond donors (Lipinski definition) is 3. The molecule has 4 heteroatoms. The van der Waals surface area contributed by atoms with E-state index in [-0.39, 0.29) is 0 Å². The van der Waals surface area contributed by atoms with Crippen LogP contribution >= 0.6 is 0 Å². The van der Waals surface area contributed by atoms with E-state index in [2.05, 4.69) is 17.2 Å². The van der Waals surface area contributed by atoms with E-state index in [4.69, 9.17) is 5.11 Å². The number of amides is 1. The maximum Gasteiger partial charge on any atom is 0.404 e. The van der Waals surface area contributed by atoms with Crippen molar-refractivity contribution in [3.05, 3.63) is 12.7 Å². The third-order valence-electron chi connectivity index (χ3n) is 3.16. The molecular formula is C12H22N2O2. The average molecular weight is 226 g/mol. The van der Waals surface area contributed by atoms with E-state index in [0.29, 0.717) is 18.4 Å². The van der Waals surface area contributed by atoms with E-state index in [1.165, 1.54) is 12.8 Å². The van der Waals surface area contributed by atoms with Crippen LogP contribution in [0.5, 0.6) is 0 Å². The molecule has 1 amide bonds. The molecule has 92 valence electrons. The quantitative estimate of drug-likeness (QED) is 0.478. The highest BCUT2D eigenvalue weighted by Gasteiger charge is 2.21. The molecule has 0 aromatic rings. The normalized spacial score (nSPS) is 25.0. The minimum absolute atomic E-state index is 0.514. The van der Waals surface area contributed by atoms with Crippen molar-refractivity contribution in [1.82, 2.24) is 10.6 Å². The third-order valence-corrected chi connectivity index (χ3v) is 3.16. The Balaban J connectivity index is 2.18. The summed E-state index contributed by atoms with van der Waals surface area (Å²) in [5.41, 5.74) is 0. The summed E-state index contributed by atoms with van der Waals surface area (Å²) in [6, 6.07) is 0. The van der Waals surface area contributed by atoms with Crippen molar-refractivity contribution in [3.63, 3.8) is 0 Å². The van der Waals surface area contributed by atoms with Gasteiger partial charge in [-0.1, -0.05) is 12.5 Å². The summed E-state index contributed by atoms with van der Waals surface area (Å²) in [4.78, 5) is 10.4. The molecule has 0 radical (unpaired) electrons. The van der Waals surface area contributed by atoms with Gasteiger partial charge in [-0.2, -0.15) is 0 Å². The Labute approximate surface area is 97.1 Å². The first-order valence-corrected chi connectivity index (χ1v) is 6.00. The lowest BCUT2D eigenvalue weighted by Crippen LogP contribution is -2.33. The van der Waals surface area contributed by atoms with E-state index in [1.54, 1.807) is 0 Å². The lowest BCUT2D eigenvalue weighted by Gasteiger charge is -2.29. The highest BCUT2D eigenvalue weighted by atomic mass is 16.4. The number of nitrogens with one attached hydrogen (secondary N) is 2. The van der Waals surface area contributed by atoms with Crippen LogP contribution in [0.15, 0.2) is 12.7 Å². The molecule has 0 bridgehead atoms. The maximum absolute atomic E-state index is 10.4. The second-order valence-electron chi connectivity index (χ2n) is 4.53. The van der Waals surface area contributed by atoms with Crippen molar-refractivity contribution in [1.29, 1.82) is 0 Å². The van der Waals surface area contributed by atoms with Crippen LogP contribution in [-0.2, 0) is 0 Å². The summed E-state index contributed by atoms with van der Waals surface area (Å²) in [7, 11) is 0. The summed E-state index contributed by atoms with van der Waals surface area (Å²) >= 11 is 0. The highest BCUT2D eigenvalue weighted by Crippen LogP contribution is 2.28. The molecule has 0 aromatic heterocycles. The van der Waals surface area contributed by atoms with Crippen LogP contribution in [0.4, 0.5) is 4.79 Å². The first-order valence-electron chi connectivity index (χ1n) is 6.00. The van der Waals surface area contributed by atoms with Crippen molar-refractivity contribution in [2.24, 2.45) is 11.8 Å². The van der Waals surface area contributed by atoms with E-state index in [0.717, 1.165) is 25.9 Å². The fourth-order valence-corrected chi connectivity index (χ4v) is 2.39. The van der Waals surface area contributed by atoms with Gasteiger partial charge in [0.2, 0.25) is 0 Å². The Morgan fingerprint density at radius 1 is 1.38 bits per heavy atom. The first-order chi connectivity index (χ1) is 7.72. The molecule has 4 nitrogen and oxygen atoms in total. The second-order valence-corrected chi connectivity index (χ2v) is 4.53. The molecule has 0 saturated heterocycles. The van der Waals surface area contributed by atoms with Crippen LogP contribution in [-0.4, -0.2) is 30.8 Å². The average Bonchev–Trinajstić information content (AvgIpc) is 2.27. The summed E-state index contributed by atoms with van der Waals surface area (Å²) < 4.78 is 0. The molecule has 1 saturated carbocycles. The van der Waals surface area contributed by atoms with Crippen LogP contribution in [0.2, 0.25) is 0 Å². The van der Waals surface area contributed by atoms with Crippen LogP contribution in [0.1, 0.15) is 25.7 Å². The van der Waals surface area contributed by atoms with Crippen LogP contribution in [0, 0.1) is 11.8 Å². The summed E-state index contributed by atoms with van der Waals surface area (Å²) in [5, 5.41) is 14.4. The zero-order chi connectivity index (χ0) is 11.8.